The van der Waals surface area contributed by atoms with Gasteiger partial charge in [-0.2, -0.15) is 4.99 Å². The Morgan fingerprint density at radius 3 is 2.11 bits per heavy atom. The summed E-state index contributed by atoms with van der Waals surface area (Å²) < 4.78 is 13.6. The molecule has 2 aromatic carbocycles. The number of halogens is 1. The summed E-state index contributed by atoms with van der Waals surface area (Å²) in [6, 6.07) is 12.8. The van der Waals surface area contributed by atoms with Crippen molar-refractivity contribution in [2.24, 2.45) is 4.99 Å². The van der Waals surface area contributed by atoms with Gasteiger partial charge in [0.25, 0.3) is 0 Å². The van der Waals surface area contributed by atoms with Gasteiger partial charge in [0.1, 0.15) is 11.5 Å². The number of nitrogens with zero attached hydrogens (tertiary/aromatic N) is 1. The molecule has 0 aliphatic heterocycles. The quantitative estimate of drug-likeness (QED) is 0.498. The van der Waals surface area contributed by atoms with Gasteiger partial charge in [-0.05, 0) is 42.4 Å². The highest BCUT2D eigenvalue weighted by atomic mass is 32.1. The first-order valence-electron chi connectivity index (χ1n) is 5.15. The Morgan fingerprint density at radius 2 is 1.58 bits per heavy atom. The molecule has 0 heterocycles. The van der Waals surface area contributed by atoms with Gasteiger partial charge >= 0.3 is 0 Å². The molecule has 19 heavy (non-hydrogen) atoms. The fraction of sp³-hybridized carbons (Fsp3) is 0.188. The van der Waals surface area contributed by atoms with Crippen molar-refractivity contribution >= 4 is 23.1 Å². The molecule has 2 aromatic rings. The average molecular weight is 275 g/mol. The van der Waals surface area contributed by atoms with Gasteiger partial charge in [0.2, 0.25) is 0 Å². The van der Waals surface area contributed by atoms with Crippen LogP contribution in [0.2, 0.25) is 0 Å². The first-order chi connectivity index (χ1) is 8.20. The molecule has 0 fully saturated rings. The Labute approximate surface area is 119 Å². The van der Waals surface area contributed by atoms with Crippen molar-refractivity contribution in [3.8, 4) is 11.1 Å². The Hall–Kier alpha value is -1.83. The minimum Gasteiger partial charge on any atom is -0.205 e. The maximum Gasteiger partial charge on any atom is 0.150 e. The van der Waals surface area contributed by atoms with Crippen molar-refractivity contribution in [3.05, 3.63) is 53.8 Å². The summed E-state index contributed by atoms with van der Waals surface area (Å²) in [4.78, 5) is 3.64. The molecule has 0 aliphatic rings. The van der Waals surface area contributed by atoms with E-state index in [0.717, 1.165) is 11.1 Å². The number of hydrogen-bond donors (Lipinski definition) is 0. The van der Waals surface area contributed by atoms with Crippen LogP contribution in [0.5, 0.6) is 0 Å². The van der Waals surface area contributed by atoms with E-state index in [1.165, 1.54) is 11.6 Å². The van der Waals surface area contributed by atoms with Gasteiger partial charge < -0.3 is 0 Å². The third-order valence-corrected chi connectivity index (χ3v) is 2.59. The van der Waals surface area contributed by atoms with Crippen LogP contribution in [0.4, 0.5) is 10.1 Å². The summed E-state index contributed by atoms with van der Waals surface area (Å²) in [7, 11) is 0. The van der Waals surface area contributed by atoms with Gasteiger partial charge in [0.15, 0.2) is 0 Å². The third-order valence-electron chi connectivity index (χ3n) is 2.50. The van der Waals surface area contributed by atoms with E-state index < -0.39 is 0 Å². The fourth-order valence-corrected chi connectivity index (χ4v) is 1.67. The summed E-state index contributed by atoms with van der Waals surface area (Å²) in [5.41, 5.74) is 3.20. The van der Waals surface area contributed by atoms with Gasteiger partial charge in [-0.1, -0.05) is 50.7 Å². The molecule has 0 spiro atoms. The topological polar surface area (TPSA) is 12.4 Å². The summed E-state index contributed by atoms with van der Waals surface area (Å²) in [6.07, 6.45) is 0. The highest BCUT2D eigenvalue weighted by molar-refractivity contribution is 7.78. The van der Waals surface area contributed by atoms with Crippen LogP contribution >= 0.6 is 12.2 Å². The summed E-state index contributed by atoms with van der Waals surface area (Å²) in [5.74, 6) is -0.388. The molecule has 0 aliphatic carbocycles. The van der Waals surface area contributed by atoms with Crippen molar-refractivity contribution in [2.45, 2.75) is 21.8 Å². The minimum atomic E-state index is -0.388. The van der Waals surface area contributed by atoms with Crippen LogP contribution < -0.4 is 0 Å². The lowest BCUT2D eigenvalue weighted by molar-refractivity contribution is 0.630. The Balaban J connectivity index is 0.00000162. The SMILES string of the molecule is C.C.Cc1ccc(-c2ccc(N=C=S)c(F)c2)cc1. The van der Waals surface area contributed by atoms with Crippen molar-refractivity contribution < 1.29 is 4.39 Å². The van der Waals surface area contributed by atoms with Crippen molar-refractivity contribution in [1.29, 1.82) is 0 Å². The minimum absolute atomic E-state index is 0. The van der Waals surface area contributed by atoms with Crippen LogP contribution in [-0.4, -0.2) is 5.16 Å². The van der Waals surface area contributed by atoms with Crippen LogP contribution in [0.3, 0.4) is 0 Å². The van der Waals surface area contributed by atoms with Gasteiger partial charge in [-0.15, -0.1) is 0 Å². The molecule has 1 nitrogen and oxygen atoms in total. The Morgan fingerprint density at radius 1 is 1.00 bits per heavy atom. The molecule has 0 amide bonds. The molecule has 100 valence electrons. The van der Waals surface area contributed by atoms with E-state index in [0.29, 0.717) is 0 Å². The van der Waals surface area contributed by atoms with E-state index in [4.69, 9.17) is 0 Å². The number of hydrogen-bond acceptors (Lipinski definition) is 2. The number of isothiocyanates is 1. The molecule has 0 saturated carbocycles. The zero-order chi connectivity index (χ0) is 12.3. The van der Waals surface area contributed by atoms with Crippen LogP contribution in [0.15, 0.2) is 47.5 Å². The average Bonchev–Trinajstić information content (AvgIpc) is 2.33. The maximum atomic E-state index is 13.6. The Bertz CT molecular complexity index is 584. The molecular weight excluding hydrogens is 257 g/mol. The van der Waals surface area contributed by atoms with Gasteiger partial charge in [-0.3, -0.25) is 0 Å². The molecule has 0 bridgehead atoms. The lowest BCUT2D eigenvalue weighted by Gasteiger charge is -2.03. The number of benzene rings is 2. The third kappa shape index (κ3) is 4.09. The standard InChI is InChI=1S/C14H10FNS.2CH4/c1-10-2-4-11(5-3-10)12-6-7-14(16-9-17)13(15)8-12;;/h2-8H,1H3;2*1H4. The lowest BCUT2D eigenvalue weighted by atomic mass is 10.0. The fourth-order valence-electron chi connectivity index (χ4n) is 1.57. The van der Waals surface area contributed by atoms with E-state index in [2.05, 4.69) is 22.4 Å². The molecule has 0 radical (unpaired) electrons. The second kappa shape index (κ2) is 7.57. The molecule has 0 saturated heterocycles. The second-order valence-electron chi connectivity index (χ2n) is 3.74. The van der Waals surface area contributed by atoms with E-state index in [1.54, 1.807) is 6.07 Å². The van der Waals surface area contributed by atoms with Crippen molar-refractivity contribution in [2.75, 3.05) is 0 Å². The maximum absolute atomic E-state index is 13.6. The number of aliphatic imine (C=N–C) groups is 1. The monoisotopic (exact) mass is 275 g/mol. The van der Waals surface area contributed by atoms with E-state index >= 15 is 0 Å². The predicted octanol–water partition coefficient (Wildman–Crippen LogP) is 5.81. The summed E-state index contributed by atoms with van der Waals surface area (Å²) in [5, 5.41) is 2.16. The number of thiocarbonyl (C=S) groups is 1. The molecule has 0 unspecified atom stereocenters. The van der Waals surface area contributed by atoms with Crippen LogP contribution in [0.1, 0.15) is 20.4 Å². The molecular formula is C16H18FNS. The normalized spacial score (nSPS) is 8.74. The highest BCUT2D eigenvalue weighted by Gasteiger charge is 2.03. The van der Waals surface area contributed by atoms with Crippen LogP contribution in [-0.2, 0) is 0 Å². The number of rotatable bonds is 2. The predicted molar refractivity (Wildman–Crippen MR) is 84.7 cm³/mol. The van der Waals surface area contributed by atoms with Crippen LogP contribution in [0.25, 0.3) is 11.1 Å². The molecule has 0 N–H and O–H groups in total. The summed E-state index contributed by atoms with van der Waals surface area (Å²) in [6.45, 7) is 2.02. The van der Waals surface area contributed by atoms with E-state index in [-0.39, 0.29) is 26.4 Å². The van der Waals surface area contributed by atoms with Crippen LogP contribution in [0, 0.1) is 12.7 Å². The summed E-state index contributed by atoms with van der Waals surface area (Å²) >= 11 is 4.45. The van der Waals surface area contributed by atoms with Crippen molar-refractivity contribution in [3.63, 3.8) is 0 Å². The first-order valence-corrected chi connectivity index (χ1v) is 5.56. The van der Waals surface area contributed by atoms with E-state index in [9.17, 15) is 4.39 Å². The molecule has 3 heteroatoms. The largest absolute Gasteiger partial charge is 0.205 e. The molecule has 0 atom stereocenters. The number of aryl methyl sites for hydroxylation is 1. The van der Waals surface area contributed by atoms with Crippen molar-refractivity contribution in [1.82, 2.24) is 0 Å². The molecule has 0 aromatic heterocycles. The second-order valence-corrected chi connectivity index (χ2v) is 3.92. The first kappa shape index (κ1) is 17.2. The smallest absolute Gasteiger partial charge is 0.150 e. The lowest BCUT2D eigenvalue weighted by Crippen LogP contribution is -1.81. The van der Waals surface area contributed by atoms with Gasteiger partial charge in [0, 0.05) is 0 Å². The zero-order valence-electron chi connectivity index (χ0n) is 9.27. The highest BCUT2D eigenvalue weighted by Crippen LogP contribution is 2.25. The van der Waals surface area contributed by atoms with Gasteiger partial charge in [-0.25, -0.2) is 4.39 Å². The van der Waals surface area contributed by atoms with Gasteiger partial charge in [0.05, 0.1) is 5.16 Å². The van der Waals surface area contributed by atoms with E-state index in [1.807, 2.05) is 37.3 Å². The zero-order valence-corrected chi connectivity index (χ0v) is 10.1. The Kier molecular flexibility index (Phi) is 6.84. The molecule has 2 rings (SSSR count).